The Balaban J connectivity index is 0.00000105. The summed E-state index contributed by atoms with van der Waals surface area (Å²) in [6, 6.07) is 8.76. The molecule has 0 spiro atoms. The van der Waals surface area contributed by atoms with Gasteiger partial charge in [-0.05, 0) is 55.3 Å². The van der Waals surface area contributed by atoms with Crippen LogP contribution in [0.25, 0.3) is 10.1 Å². The van der Waals surface area contributed by atoms with Crippen molar-refractivity contribution in [2.45, 2.75) is 59.1 Å². The van der Waals surface area contributed by atoms with Crippen LogP contribution < -0.4 is 5.32 Å². The first kappa shape index (κ1) is 22.0. The predicted molar refractivity (Wildman–Crippen MR) is 103 cm³/mol. The standard InChI is InChI=1S/C19H27NO2S.CO2/c1-18(2,3)16-10-14-9-13(7-8-15(14)23-16)11-20-12-17(21)22-19(4,5)6;2-1-3/h7-10,20H,11-12H2,1-6H3;. The second-order valence-corrected chi connectivity index (χ2v) is 9.09. The zero-order valence-electron chi connectivity index (χ0n) is 16.3. The molecule has 0 unspecified atom stereocenters. The molecule has 0 fully saturated rings. The molecule has 5 nitrogen and oxygen atoms in total. The van der Waals surface area contributed by atoms with Crippen LogP contribution in [0.4, 0.5) is 0 Å². The normalized spacial score (nSPS) is 11.5. The summed E-state index contributed by atoms with van der Waals surface area (Å²) in [6.07, 6.45) is 0.250. The number of rotatable bonds is 4. The number of thiophene rings is 1. The highest BCUT2D eigenvalue weighted by molar-refractivity contribution is 7.19. The first-order valence-corrected chi connectivity index (χ1v) is 9.22. The number of nitrogens with one attached hydrogen (secondary N) is 1. The second-order valence-electron chi connectivity index (χ2n) is 8.01. The van der Waals surface area contributed by atoms with Gasteiger partial charge in [-0.1, -0.05) is 26.8 Å². The van der Waals surface area contributed by atoms with E-state index in [1.165, 1.54) is 20.5 Å². The number of hydrogen-bond acceptors (Lipinski definition) is 6. The maximum atomic E-state index is 11.7. The molecule has 0 saturated carbocycles. The van der Waals surface area contributed by atoms with Gasteiger partial charge in [0.05, 0.1) is 6.54 Å². The van der Waals surface area contributed by atoms with Crippen molar-refractivity contribution >= 4 is 33.5 Å². The second kappa shape index (κ2) is 9.08. The van der Waals surface area contributed by atoms with E-state index in [4.69, 9.17) is 14.3 Å². The SMILES string of the molecule is CC(C)(C)OC(=O)CNCc1ccc2sc(C(C)(C)C)cc2c1.O=C=O. The predicted octanol–water partition coefficient (Wildman–Crippen LogP) is 4.05. The summed E-state index contributed by atoms with van der Waals surface area (Å²) < 4.78 is 6.60. The molecular formula is C20H27NO4S. The Morgan fingerprint density at radius 2 is 1.73 bits per heavy atom. The third kappa shape index (κ3) is 7.48. The van der Waals surface area contributed by atoms with Gasteiger partial charge in [-0.25, -0.2) is 0 Å². The van der Waals surface area contributed by atoms with Crippen LogP contribution in [0.5, 0.6) is 0 Å². The first-order chi connectivity index (χ1) is 12.0. The van der Waals surface area contributed by atoms with Crippen LogP contribution in [0.15, 0.2) is 24.3 Å². The van der Waals surface area contributed by atoms with Crippen LogP contribution in [0, 0.1) is 0 Å². The molecular weight excluding hydrogens is 350 g/mol. The minimum atomic E-state index is -0.433. The lowest BCUT2D eigenvalue weighted by Crippen LogP contribution is -2.31. The Morgan fingerprint density at radius 3 is 2.27 bits per heavy atom. The molecule has 1 aromatic carbocycles. The van der Waals surface area contributed by atoms with Crippen molar-refractivity contribution in [3.63, 3.8) is 0 Å². The van der Waals surface area contributed by atoms with Crippen molar-refractivity contribution in [2.24, 2.45) is 0 Å². The molecule has 0 amide bonds. The third-order valence-corrected chi connectivity index (χ3v) is 4.88. The van der Waals surface area contributed by atoms with Gasteiger partial charge in [-0.15, -0.1) is 11.3 Å². The van der Waals surface area contributed by atoms with E-state index in [1.54, 1.807) is 0 Å². The van der Waals surface area contributed by atoms with Crippen molar-refractivity contribution in [2.75, 3.05) is 6.54 Å². The molecule has 0 bridgehead atoms. The Bertz CT molecular complexity index is 775. The zero-order chi connectivity index (χ0) is 20.0. The average Bonchev–Trinajstić information content (AvgIpc) is 2.89. The first-order valence-electron chi connectivity index (χ1n) is 8.41. The largest absolute Gasteiger partial charge is 0.459 e. The summed E-state index contributed by atoms with van der Waals surface area (Å²) in [7, 11) is 0. The fraction of sp³-hybridized carbons (Fsp3) is 0.500. The summed E-state index contributed by atoms with van der Waals surface area (Å²) >= 11 is 1.85. The van der Waals surface area contributed by atoms with Gasteiger partial charge >= 0.3 is 12.1 Å². The van der Waals surface area contributed by atoms with E-state index in [2.05, 4.69) is 50.4 Å². The maximum Gasteiger partial charge on any atom is 0.373 e. The number of ether oxygens (including phenoxy) is 1. The highest BCUT2D eigenvalue weighted by Crippen LogP contribution is 2.34. The van der Waals surface area contributed by atoms with Gasteiger partial charge in [0.1, 0.15) is 5.60 Å². The van der Waals surface area contributed by atoms with Gasteiger partial charge in [-0.2, -0.15) is 9.59 Å². The molecule has 1 heterocycles. The van der Waals surface area contributed by atoms with Gasteiger partial charge in [0.25, 0.3) is 0 Å². The smallest absolute Gasteiger partial charge is 0.373 e. The summed E-state index contributed by atoms with van der Waals surface area (Å²) in [5.41, 5.74) is 0.926. The molecule has 6 heteroatoms. The summed E-state index contributed by atoms with van der Waals surface area (Å²) in [5.74, 6) is -0.218. The summed E-state index contributed by atoms with van der Waals surface area (Å²) in [5, 5.41) is 4.43. The van der Waals surface area contributed by atoms with E-state index in [0.717, 1.165) is 0 Å². The van der Waals surface area contributed by atoms with E-state index in [1.807, 2.05) is 32.1 Å². The van der Waals surface area contributed by atoms with Crippen molar-refractivity contribution in [1.29, 1.82) is 0 Å². The van der Waals surface area contributed by atoms with Gasteiger partial charge in [-0.3, -0.25) is 4.79 Å². The molecule has 2 rings (SSSR count). The molecule has 1 N–H and O–H groups in total. The van der Waals surface area contributed by atoms with Gasteiger partial charge < -0.3 is 10.1 Å². The van der Waals surface area contributed by atoms with Crippen LogP contribution in [-0.4, -0.2) is 24.3 Å². The van der Waals surface area contributed by atoms with Crippen molar-refractivity contribution in [3.8, 4) is 0 Å². The number of carbonyl (C=O) groups excluding carboxylic acids is 3. The third-order valence-electron chi connectivity index (χ3n) is 3.34. The zero-order valence-corrected chi connectivity index (χ0v) is 17.1. The summed E-state index contributed by atoms with van der Waals surface area (Å²) in [4.78, 5) is 29.3. The highest BCUT2D eigenvalue weighted by Gasteiger charge is 2.17. The molecule has 0 saturated heterocycles. The van der Waals surface area contributed by atoms with Crippen LogP contribution in [-0.2, 0) is 31.1 Å². The minimum absolute atomic E-state index is 0.179. The molecule has 0 aliphatic rings. The lowest BCUT2D eigenvalue weighted by Gasteiger charge is -2.19. The lowest BCUT2D eigenvalue weighted by atomic mass is 9.94. The van der Waals surface area contributed by atoms with E-state index in [-0.39, 0.29) is 24.1 Å². The van der Waals surface area contributed by atoms with Gasteiger partial charge in [0.15, 0.2) is 0 Å². The van der Waals surface area contributed by atoms with Crippen LogP contribution >= 0.6 is 11.3 Å². The maximum absolute atomic E-state index is 11.7. The van der Waals surface area contributed by atoms with E-state index in [9.17, 15) is 4.79 Å². The molecule has 1 aromatic heterocycles. The number of benzene rings is 1. The topological polar surface area (TPSA) is 72.5 Å². The Kier molecular flexibility index (Phi) is 7.69. The lowest BCUT2D eigenvalue weighted by molar-refractivity contribution is -0.191. The quantitative estimate of drug-likeness (QED) is 0.814. The number of carbonyl (C=O) groups is 1. The van der Waals surface area contributed by atoms with Crippen molar-refractivity contribution in [3.05, 3.63) is 34.7 Å². The van der Waals surface area contributed by atoms with E-state index in [0.29, 0.717) is 6.54 Å². The average molecular weight is 378 g/mol. The monoisotopic (exact) mass is 377 g/mol. The fourth-order valence-electron chi connectivity index (χ4n) is 2.26. The van der Waals surface area contributed by atoms with Crippen molar-refractivity contribution < 1.29 is 19.1 Å². The molecule has 0 aliphatic heterocycles. The van der Waals surface area contributed by atoms with Crippen molar-refractivity contribution in [1.82, 2.24) is 5.32 Å². The van der Waals surface area contributed by atoms with Crippen LogP contribution in [0.2, 0.25) is 0 Å². The Morgan fingerprint density at radius 1 is 1.12 bits per heavy atom. The van der Waals surface area contributed by atoms with Crippen LogP contribution in [0.1, 0.15) is 52.0 Å². The number of esters is 1. The van der Waals surface area contributed by atoms with Gasteiger partial charge in [0, 0.05) is 16.1 Å². The Labute approximate surface area is 158 Å². The molecule has 142 valence electrons. The molecule has 0 aliphatic carbocycles. The molecule has 0 atom stereocenters. The molecule has 0 radical (unpaired) electrons. The highest BCUT2D eigenvalue weighted by atomic mass is 32.1. The minimum Gasteiger partial charge on any atom is -0.459 e. The van der Waals surface area contributed by atoms with Crippen LogP contribution in [0.3, 0.4) is 0 Å². The fourth-order valence-corrected chi connectivity index (χ4v) is 3.36. The number of hydrogen-bond donors (Lipinski definition) is 1. The van der Waals surface area contributed by atoms with Gasteiger partial charge in [0.2, 0.25) is 0 Å². The Hall–Kier alpha value is -2.01. The summed E-state index contributed by atoms with van der Waals surface area (Å²) in [6.45, 7) is 13.2. The van der Waals surface area contributed by atoms with E-state index >= 15 is 0 Å². The van der Waals surface area contributed by atoms with E-state index < -0.39 is 5.60 Å². The molecule has 26 heavy (non-hydrogen) atoms. The molecule has 2 aromatic rings. The number of fused-ring (bicyclic) bond motifs is 1.